The SMILES string of the molecule is CCNC(=NCC(=O)NC(C)(C)C)NCCCOc1ccccc1. The number of hydrogen-bond acceptors (Lipinski definition) is 3. The molecular formula is C18H30N4O2. The lowest BCUT2D eigenvalue weighted by molar-refractivity contribution is -0.121. The van der Waals surface area contributed by atoms with E-state index in [2.05, 4.69) is 20.9 Å². The molecule has 0 radical (unpaired) electrons. The first-order valence-corrected chi connectivity index (χ1v) is 8.42. The molecule has 0 unspecified atom stereocenters. The van der Waals surface area contributed by atoms with Crippen LogP contribution in [-0.4, -0.2) is 43.6 Å². The lowest BCUT2D eigenvalue weighted by atomic mass is 10.1. The second-order valence-electron chi connectivity index (χ2n) is 6.44. The number of benzene rings is 1. The summed E-state index contributed by atoms with van der Waals surface area (Å²) in [6, 6.07) is 9.74. The summed E-state index contributed by atoms with van der Waals surface area (Å²) in [4.78, 5) is 16.1. The average Bonchev–Trinajstić information content (AvgIpc) is 2.51. The molecule has 0 aliphatic heterocycles. The van der Waals surface area contributed by atoms with Crippen molar-refractivity contribution in [3.8, 4) is 5.75 Å². The Morgan fingerprint density at radius 1 is 1.17 bits per heavy atom. The zero-order valence-corrected chi connectivity index (χ0v) is 15.2. The molecule has 6 nitrogen and oxygen atoms in total. The van der Waals surface area contributed by atoms with Crippen molar-refractivity contribution in [3.05, 3.63) is 30.3 Å². The number of nitrogens with zero attached hydrogens (tertiary/aromatic N) is 1. The van der Waals surface area contributed by atoms with E-state index in [1.165, 1.54) is 0 Å². The van der Waals surface area contributed by atoms with Crippen molar-refractivity contribution in [2.45, 2.75) is 39.7 Å². The van der Waals surface area contributed by atoms with E-state index in [-0.39, 0.29) is 18.0 Å². The van der Waals surface area contributed by atoms with Crippen LogP contribution in [0.5, 0.6) is 5.75 Å². The van der Waals surface area contributed by atoms with Gasteiger partial charge in [-0.25, -0.2) is 4.99 Å². The minimum Gasteiger partial charge on any atom is -0.494 e. The summed E-state index contributed by atoms with van der Waals surface area (Å²) < 4.78 is 5.64. The first-order chi connectivity index (χ1) is 11.4. The summed E-state index contributed by atoms with van der Waals surface area (Å²) >= 11 is 0. The molecule has 0 bridgehead atoms. The zero-order chi connectivity index (χ0) is 17.8. The first-order valence-electron chi connectivity index (χ1n) is 8.42. The van der Waals surface area contributed by atoms with Crippen molar-refractivity contribution < 1.29 is 9.53 Å². The Kier molecular flexibility index (Phi) is 8.68. The molecule has 6 heteroatoms. The van der Waals surface area contributed by atoms with Gasteiger partial charge in [0.25, 0.3) is 0 Å². The van der Waals surface area contributed by atoms with E-state index < -0.39 is 0 Å². The standard InChI is InChI=1S/C18H30N4O2/c1-5-19-17(21-14-16(23)22-18(2,3)4)20-12-9-13-24-15-10-7-6-8-11-15/h6-8,10-11H,5,9,12-14H2,1-4H3,(H,22,23)(H2,19,20,21). The number of aliphatic imine (C=N–C) groups is 1. The molecule has 0 fully saturated rings. The van der Waals surface area contributed by atoms with Gasteiger partial charge in [-0.3, -0.25) is 4.79 Å². The van der Waals surface area contributed by atoms with Gasteiger partial charge in [-0.05, 0) is 46.2 Å². The van der Waals surface area contributed by atoms with Crippen molar-refractivity contribution in [3.63, 3.8) is 0 Å². The van der Waals surface area contributed by atoms with Crippen molar-refractivity contribution >= 4 is 11.9 Å². The molecular weight excluding hydrogens is 304 g/mol. The van der Waals surface area contributed by atoms with Crippen LogP contribution in [0.15, 0.2) is 35.3 Å². The summed E-state index contributed by atoms with van der Waals surface area (Å²) in [6.07, 6.45) is 0.841. The van der Waals surface area contributed by atoms with Crippen LogP contribution >= 0.6 is 0 Å². The molecule has 0 spiro atoms. The van der Waals surface area contributed by atoms with Gasteiger partial charge in [-0.2, -0.15) is 0 Å². The molecule has 0 saturated carbocycles. The molecule has 1 rings (SSSR count). The first kappa shape index (κ1) is 19.8. The van der Waals surface area contributed by atoms with Crippen LogP contribution in [0.1, 0.15) is 34.1 Å². The molecule has 1 amide bonds. The number of guanidine groups is 1. The van der Waals surface area contributed by atoms with Crippen molar-refractivity contribution in [1.82, 2.24) is 16.0 Å². The minimum absolute atomic E-state index is 0.0906. The Morgan fingerprint density at radius 3 is 2.50 bits per heavy atom. The predicted molar refractivity (Wildman–Crippen MR) is 98.4 cm³/mol. The third-order valence-electron chi connectivity index (χ3n) is 2.86. The Bertz CT molecular complexity index is 510. The van der Waals surface area contributed by atoms with Gasteiger partial charge in [-0.15, -0.1) is 0 Å². The number of ether oxygens (including phenoxy) is 1. The van der Waals surface area contributed by atoms with Gasteiger partial charge in [0.2, 0.25) is 5.91 Å². The number of hydrogen-bond donors (Lipinski definition) is 3. The van der Waals surface area contributed by atoms with E-state index in [1.54, 1.807) is 0 Å². The van der Waals surface area contributed by atoms with E-state index in [1.807, 2.05) is 58.0 Å². The summed E-state index contributed by atoms with van der Waals surface area (Å²) in [5.74, 6) is 1.42. The smallest absolute Gasteiger partial charge is 0.242 e. The fourth-order valence-corrected chi connectivity index (χ4v) is 1.94. The molecule has 1 aromatic rings. The zero-order valence-electron chi connectivity index (χ0n) is 15.2. The Hall–Kier alpha value is -2.24. The molecule has 0 saturated heterocycles. The molecule has 0 atom stereocenters. The van der Waals surface area contributed by atoms with E-state index in [9.17, 15) is 4.79 Å². The van der Waals surface area contributed by atoms with E-state index in [0.717, 1.165) is 25.3 Å². The second kappa shape index (κ2) is 10.5. The maximum atomic E-state index is 11.8. The van der Waals surface area contributed by atoms with Crippen LogP contribution in [0.2, 0.25) is 0 Å². The molecule has 1 aromatic carbocycles. The van der Waals surface area contributed by atoms with Gasteiger partial charge in [-0.1, -0.05) is 18.2 Å². The number of carbonyl (C=O) groups excluding carboxylic acids is 1. The highest BCUT2D eigenvalue weighted by Gasteiger charge is 2.13. The van der Waals surface area contributed by atoms with E-state index in [4.69, 9.17) is 4.74 Å². The summed E-state index contributed by atoms with van der Waals surface area (Å²) in [7, 11) is 0. The third kappa shape index (κ3) is 9.71. The van der Waals surface area contributed by atoms with Gasteiger partial charge in [0, 0.05) is 18.6 Å². The molecule has 0 aliphatic carbocycles. The van der Waals surface area contributed by atoms with Crippen LogP contribution in [0.3, 0.4) is 0 Å². The predicted octanol–water partition coefficient (Wildman–Crippen LogP) is 1.93. The largest absolute Gasteiger partial charge is 0.494 e. The highest BCUT2D eigenvalue weighted by atomic mass is 16.5. The molecule has 3 N–H and O–H groups in total. The highest BCUT2D eigenvalue weighted by molar-refractivity contribution is 5.85. The lowest BCUT2D eigenvalue weighted by Gasteiger charge is -2.20. The third-order valence-corrected chi connectivity index (χ3v) is 2.86. The topological polar surface area (TPSA) is 74.8 Å². The van der Waals surface area contributed by atoms with Crippen molar-refractivity contribution in [1.29, 1.82) is 0 Å². The number of carbonyl (C=O) groups is 1. The van der Waals surface area contributed by atoms with Crippen LogP contribution in [-0.2, 0) is 4.79 Å². The van der Waals surface area contributed by atoms with Gasteiger partial charge in [0.15, 0.2) is 5.96 Å². The molecule has 0 aliphatic rings. The number of nitrogens with one attached hydrogen (secondary N) is 3. The van der Waals surface area contributed by atoms with Crippen molar-refractivity contribution in [2.24, 2.45) is 4.99 Å². The van der Waals surface area contributed by atoms with Crippen LogP contribution in [0, 0.1) is 0 Å². The summed E-state index contributed by atoms with van der Waals surface area (Å²) in [5.41, 5.74) is -0.243. The lowest BCUT2D eigenvalue weighted by Crippen LogP contribution is -2.43. The molecule has 24 heavy (non-hydrogen) atoms. The Balaban J connectivity index is 2.29. The number of para-hydroxylation sites is 1. The normalized spacial score (nSPS) is 11.8. The van der Waals surface area contributed by atoms with Crippen molar-refractivity contribution in [2.75, 3.05) is 26.2 Å². The summed E-state index contributed by atoms with van der Waals surface area (Å²) in [5, 5.41) is 9.22. The fourth-order valence-electron chi connectivity index (χ4n) is 1.94. The summed E-state index contributed by atoms with van der Waals surface area (Å²) in [6.45, 7) is 10.0. The maximum absolute atomic E-state index is 11.8. The second-order valence-corrected chi connectivity index (χ2v) is 6.44. The molecule has 0 aromatic heterocycles. The quantitative estimate of drug-likeness (QED) is 0.386. The fraction of sp³-hybridized carbons (Fsp3) is 0.556. The number of rotatable bonds is 8. The maximum Gasteiger partial charge on any atom is 0.242 e. The van der Waals surface area contributed by atoms with Crippen LogP contribution in [0.4, 0.5) is 0 Å². The molecule has 134 valence electrons. The highest BCUT2D eigenvalue weighted by Crippen LogP contribution is 2.07. The van der Waals surface area contributed by atoms with Gasteiger partial charge < -0.3 is 20.7 Å². The van der Waals surface area contributed by atoms with Gasteiger partial charge in [0.1, 0.15) is 12.3 Å². The Morgan fingerprint density at radius 2 is 1.88 bits per heavy atom. The van der Waals surface area contributed by atoms with E-state index >= 15 is 0 Å². The average molecular weight is 334 g/mol. The monoisotopic (exact) mass is 334 g/mol. The number of amides is 1. The Labute approximate surface area is 145 Å². The van der Waals surface area contributed by atoms with E-state index in [0.29, 0.717) is 12.6 Å². The van der Waals surface area contributed by atoms with Crippen LogP contribution < -0.4 is 20.7 Å². The minimum atomic E-state index is -0.243. The van der Waals surface area contributed by atoms with Crippen LogP contribution in [0.25, 0.3) is 0 Å². The van der Waals surface area contributed by atoms with Gasteiger partial charge in [0.05, 0.1) is 6.61 Å². The molecule has 0 heterocycles. The van der Waals surface area contributed by atoms with Gasteiger partial charge >= 0.3 is 0 Å².